The second-order valence-corrected chi connectivity index (χ2v) is 8.34. The van der Waals surface area contributed by atoms with Crippen LogP contribution in [0.4, 0.5) is 0 Å². The predicted molar refractivity (Wildman–Crippen MR) is 131 cm³/mol. The fourth-order valence-electron chi connectivity index (χ4n) is 4.09. The Morgan fingerprint density at radius 1 is 1.00 bits per heavy atom. The number of aliphatic imine (C=N–C) groups is 1. The van der Waals surface area contributed by atoms with Crippen molar-refractivity contribution in [1.82, 2.24) is 9.97 Å². The SMILES string of the molecule is CCCCCCCCCCCc1ccc(C=C2N=C(c3ccc[nH]3)C(C#N)=C2OCC)[nH]1. The molecule has 170 valence electrons. The third kappa shape index (κ3) is 6.50. The number of hydrogen-bond donors (Lipinski definition) is 2. The Labute approximate surface area is 192 Å². The van der Waals surface area contributed by atoms with Crippen molar-refractivity contribution in [2.45, 2.75) is 78.1 Å². The summed E-state index contributed by atoms with van der Waals surface area (Å²) in [4.78, 5) is 11.3. The van der Waals surface area contributed by atoms with Gasteiger partial charge in [-0.3, -0.25) is 0 Å². The van der Waals surface area contributed by atoms with Crippen LogP contribution in [-0.2, 0) is 11.2 Å². The molecule has 1 aliphatic rings. The van der Waals surface area contributed by atoms with E-state index in [-0.39, 0.29) is 0 Å². The van der Waals surface area contributed by atoms with Gasteiger partial charge in [0.15, 0.2) is 5.76 Å². The Morgan fingerprint density at radius 2 is 1.75 bits per heavy atom. The Hall–Kier alpha value is -3.00. The summed E-state index contributed by atoms with van der Waals surface area (Å²) in [7, 11) is 0. The van der Waals surface area contributed by atoms with E-state index in [1.807, 2.05) is 31.3 Å². The van der Waals surface area contributed by atoms with Crippen LogP contribution in [0.25, 0.3) is 6.08 Å². The number of aryl methyl sites for hydroxylation is 1. The minimum absolute atomic E-state index is 0.474. The van der Waals surface area contributed by atoms with Crippen LogP contribution in [0.15, 0.2) is 52.5 Å². The van der Waals surface area contributed by atoms with Crippen molar-refractivity contribution >= 4 is 11.8 Å². The van der Waals surface area contributed by atoms with Gasteiger partial charge in [-0.2, -0.15) is 5.26 Å². The van der Waals surface area contributed by atoms with Crippen LogP contribution in [0, 0.1) is 11.3 Å². The second kappa shape index (κ2) is 12.8. The summed E-state index contributed by atoms with van der Waals surface area (Å²) in [5, 5.41) is 9.72. The van der Waals surface area contributed by atoms with E-state index in [1.54, 1.807) is 0 Å². The lowest BCUT2D eigenvalue weighted by molar-refractivity contribution is 0.238. The number of nitrogens with zero attached hydrogens (tertiary/aromatic N) is 2. The van der Waals surface area contributed by atoms with Gasteiger partial charge in [-0.25, -0.2) is 4.99 Å². The molecule has 0 fully saturated rings. The average Bonchev–Trinajstić information content (AvgIpc) is 3.54. The first-order valence-corrected chi connectivity index (χ1v) is 12.2. The highest BCUT2D eigenvalue weighted by atomic mass is 16.5. The highest BCUT2D eigenvalue weighted by Gasteiger charge is 2.27. The molecule has 0 aromatic carbocycles. The van der Waals surface area contributed by atoms with Crippen molar-refractivity contribution in [3.63, 3.8) is 0 Å². The largest absolute Gasteiger partial charge is 0.490 e. The zero-order valence-corrected chi connectivity index (χ0v) is 19.5. The van der Waals surface area contributed by atoms with Crippen molar-refractivity contribution in [2.75, 3.05) is 6.61 Å². The first-order chi connectivity index (χ1) is 15.8. The molecule has 0 radical (unpaired) electrons. The third-order valence-corrected chi connectivity index (χ3v) is 5.79. The predicted octanol–water partition coefficient (Wildman–Crippen LogP) is 7.07. The molecular formula is C27H36N4O. The molecule has 0 bridgehead atoms. The summed E-state index contributed by atoms with van der Waals surface area (Å²) in [5.74, 6) is 0.551. The maximum atomic E-state index is 9.72. The van der Waals surface area contributed by atoms with Crippen molar-refractivity contribution in [3.8, 4) is 6.07 Å². The second-order valence-electron chi connectivity index (χ2n) is 8.34. The molecule has 2 N–H and O–H groups in total. The van der Waals surface area contributed by atoms with Crippen LogP contribution in [0.5, 0.6) is 0 Å². The topological polar surface area (TPSA) is 77.0 Å². The van der Waals surface area contributed by atoms with E-state index in [0.29, 0.717) is 29.3 Å². The Bertz CT molecular complexity index is 970. The van der Waals surface area contributed by atoms with Gasteiger partial charge < -0.3 is 14.7 Å². The van der Waals surface area contributed by atoms with Gasteiger partial charge in [0.1, 0.15) is 23.1 Å². The number of nitriles is 1. The number of aromatic amines is 2. The number of ether oxygens (including phenoxy) is 1. The van der Waals surface area contributed by atoms with Gasteiger partial charge in [0.05, 0.1) is 12.3 Å². The van der Waals surface area contributed by atoms with E-state index >= 15 is 0 Å². The third-order valence-electron chi connectivity index (χ3n) is 5.79. The van der Waals surface area contributed by atoms with E-state index in [0.717, 1.165) is 17.8 Å². The molecule has 0 atom stereocenters. The van der Waals surface area contributed by atoms with Crippen molar-refractivity contribution in [1.29, 1.82) is 5.26 Å². The summed E-state index contributed by atoms with van der Waals surface area (Å²) >= 11 is 0. The summed E-state index contributed by atoms with van der Waals surface area (Å²) in [5.41, 5.74) is 4.84. The minimum Gasteiger partial charge on any atom is -0.490 e. The molecule has 0 amide bonds. The number of H-pyrrole nitrogens is 2. The molecule has 0 aliphatic carbocycles. The number of rotatable bonds is 14. The normalized spacial score (nSPS) is 14.8. The number of hydrogen-bond acceptors (Lipinski definition) is 3. The number of allylic oxidation sites excluding steroid dienone is 1. The standard InChI is InChI=1S/C27H36N4O/c1-3-5-6-7-8-9-10-11-12-14-21-16-17-22(30-21)19-25-27(32-4-2)23(20-28)26(31-25)24-15-13-18-29-24/h13,15-19,29-30H,3-12,14H2,1-2H3. The van der Waals surface area contributed by atoms with Gasteiger partial charge in [0, 0.05) is 17.6 Å². The van der Waals surface area contributed by atoms with Gasteiger partial charge in [-0.05, 0) is 50.1 Å². The fourth-order valence-corrected chi connectivity index (χ4v) is 4.09. The first kappa shape index (κ1) is 23.7. The van der Waals surface area contributed by atoms with Gasteiger partial charge in [0.25, 0.3) is 0 Å². The Kier molecular flexibility index (Phi) is 9.43. The van der Waals surface area contributed by atoms with Crippen molar-refractivity contribution in [2.24, 2.45) is 4.99 Å². The summed E-state index contributed by atoms with van der Waals surface area (Å²) in [6.45, 7) is 4.67. The molecule has 0 saturated heterocycles. The van der Waals surface area contributed by atoms with E-state index in [9.17, 15) is 5.26 Å². The van der Waals surface area contributed by atoms with Gasteiger partial charge in [-0.15, -0.1) is 0 Å². The molecule has 0 spiro atoms. The van der Waals surface area contributed by atoms with E-state index < -0.39 is 0 Å². The van der Waals surface area contributed by atoms with Crippen LogP contribution in [0.3, 0.4) is 0 Å². The van der Waals surface area contributed by atoms with Gasteiger partial charge in [0.2, 0.25) is 0 Å². The zero-order chi connectivity index (χ0) is 22.6. The number of aromatic nitrogens is 2. The molecule has 2 aromatic heterocycles. The molecule has 3 heterocycles. The zero-order valence-electron chi connectivity index (χ0n) is 19.5. The molecule has 32 heavy (non-hydrogen) atoms. The Morgan fingerprint density at radius 3 is 2.41 bits per heavy atom. The molecule has 0 saturated carbocycles. The van der Waals surface area contributed by atoms with Gasteiger partial charge >= 0.3 is 0 Å². The summed E-state index contributed by atoms with van der Waals surface area (Å²) in [6.07, 6.45) is 16.9. The van der Waals surface area contributed by atoms with Crippen LogP contribution in [0.2, 0.25) is 0 Å². The molecule has 5 nitrogen and oxygen atoms in total. The minimum atomic E-state index is 0.474. The molecule has 1 aliphatic heterocycles. The maximum absolute atomic E-state index is 9.72. The highest BCUT2D eigenvalue weighted by molar-refractivity contribution is 6.17. The maximum Gasteiger partial charge on any atom is 0.165 e. The van der Waals surface area contributed by atoms with Crippen molar-refractivity contribution in [3.05, 3.63) is 64.6 Å². The lowest BCUT2D eigenvalue weighted by Crippen LogP contribution is -2.03. The first-order valence-electron chi connectivity index (χ1n) is 12.2. The van der Waals surface area contributed by atoms with Crippen LogP contribution in [0.1, 0.15) is 88.7 Å². The van der Waals surface area contributed by atoms with Crippen LogP contribution >= 0.6 is 0 Å². The molecular weight excluding hydrogens is 396 g/mol. The van der Waals surface area contributed by atoms with E-state index in [4.69, 9.17) is 9.73 Å². The molecule has 0 unspecified atom stereocenters. The summed E-state index contributed by atoms with van der Waals surface area (Å²) in [6, 6.07) is 10.3. The monoisotopic (exact) mass is 432 g/mol. The van der Waals surface area contributed by atoms with E-state index in [2.05, 4.69) is 35.1 Å². The number of nitrogens with one attached hydrogen (secondary N) is 2. The lowest BCUT2D eigenvalue weighted by atomic mass is 10.1. The highest BCUT2D eigenvalue weighted by Crippen LogP contribution is 2.30. The Balaban J connectivity index is 1.56. The molecule has 2 aromatic rings. The average molecular weight is 433 g/mol. The fraction of sp³-hybridized carbons (Fsp3) is 0.481. The quantitative estimate of drug-likeness (QED) is 0.313. The van der Waals surface area contributed by atoms with Crippen LogP contribution in [-0.4, -0.2) is 22.3 Å². The summed E-state index contributed by atoms with van der Waals surface area (Å²) < 4.78 is 5.81. The van der Waals surface area contributed by atoms with Gasteiger partial charge in [-0.1, -0.05) is 58.3 Å². The number of unbranched alkanes of at least 4 members (excludes halogenated alkanes) is 8. The smallest absolute Gasteiger partial charge is 0.165 e. The molecule has 5 heteroatoms. The molecule has 3 rings (SSSR count). The van der Waals surface area contributed by atoms with E-state index in [1.165, 1.54) is 63.5 Å². The van der Waals surface area contributed by atoms with Crippen LogP contribution < -0.4 is 0 Å². The van der Waals surface area contributed by atoms with Crippen molar-refractivity contribution < 1.29 is 4.74 Å². The lowest BCUT2D eigenvalue weighted by Gasteiger charge is -2.05.